The summed E-state index contributed by atoms with van der Waals surface area (Å²) in [6.45, 7) is 0. The number of nitrogens with zero attached hydrogens (tertiary/aromatic N) is 2. The number of hydrogen-bond donors (Lipinski definition) is 2. The third-order valence-corrected chi connectivity index (χ3v) is 1.45. The molecule has 0 fully saturated rings. The third-order valence-electron chi connectivity index (χ3n) is 1.45. The Hall–Kier alpha value is -1.36. The van der Waals surface area contributed by atoms with Gasteiger partial charge in [0, 0.05) is 19.7 Å². The molecule has 1 rings (SSSR count). The largest absolute Gasteiger partial charge is 0.479 e. The Bertz CT molecular complexity index is 282. The SMILES string of the molecule is Cn1cnc(C[C@@H](O)C(=O)O)c1. The van der Waals surface area contributed by atoms with Crippen LogP contribution in [0, 0.1) is 0 Å². The number of aliphatic hydroxyl groups is 1. The van der Waals surface area contributed by atoms with Crippen LogP contribution in [0.3, 0.4) is 0 Å². The summed E-state index contributed by atoms with van der Waals surface area (Å²) in [6, 6.07) is 0. The number of rotatable bonds is 3. The fourth-order valence-electron chi connectivity index (χ4n) is 0.858. The Labute approximate surface area is 69.3 Å². The van der Waals surface area contributed by atoms with E-state index in [9.17, 15) is 4.79 Å². The molecule has 5 nitrogen and oxygen atoms in total. The molecule has 1 aromatic rings. The highest BCUT2D eigenvalue weighted by Gasteiger charge is 2.14. The van der Waals surface area contributed by atoms with E-state index in [-0.39, 0.29) is 6.42 Å². The van der Waals surface area contributed by atoms with Crippen molar-refractivity contribution in [3.63, 3.8) is 0 Å². The maximum absolute atomic E-state index is 10.2. The van der Waals surface area contributed by atoms with Crippen molar-refractivity contribution in [3.8, 4) is 0 Å². The van der Waals surface area contributed by atoms with Crippen molar-refractivity contribution in [2.75, 3.05) is 0 Å². The number of aliphatic carboxylic acids is 1. The van der Waals surface area contributed by atoms with Gasteiger partial charge in [0.2, 0.25) is 0 Å². The normalized spacial score (nSPS) is 12.8. The first-order valence-electron chi connectivity index (χ1n) is 3.47. The van der Waals surface area contributed by atoms with Crippen molar-refractivity contribution in [2.24, 2.45) is 7.05 Å². The molecule has 1 aromatic heterocycles. The van der Waals surface area contributed by atoms with Gasteiger partial charge in [-0.1, -0.05) is 0 Å². The minimum Gasteiger partial charge on any atom is -0.479 e. The van der Waals surface area contributed by atoms with E-state index in [4.69, 9.17) is 10.2 Å². The van der Waals surface area contributed by atoms with Crippen LogP contribution in [-0.2, 0) is 18.3 Å². The molecular formula is C7H10N2O3. The van der Waals surface area contributed by atoms with Crippen LogP contribution in [0.1, 0.15) is 5.69 Å². The zero-order valence-electron chi connectivity index (χ0n) is 6.64. The summed E-state index contributed by atoms with van der Waals surface area (Å²) in [7, 11) is 1.78. The second kappa shape index (κ2) is 3.36. The molecule has 0 spiro atoms. The van der Waals surface area contributed by atoms with E-state index in [2.05, 4.69) is 4.98 Å². The van der Waals surface area contributed by atoms with Gasteiger partial charge < -0.3 is 14.8 Å². The van der Waals surface area contributed by atoms with E-state index in [1.165, 1.54) is 0 Å². The molecular weight excluding hydrogens is 160 g/mol. The predicted molar refractivity (Wildman–Crippen MR) is 40.6 cm³/mol. The smallest absolute Gasteiger partial charge is 0.332 e. The van der Waals surface area contributed by atoms with Crippen LogP contribution in [0.2, 0.25) is 0 Å². The van der Waals surface area contributed by atoms with Crippen LogP contribution >= 0.6 is 0 Å². The maximum atomic E-state index is 10.2. The number of hydrogen-bond acceptors (Lipinski definition) is 3. The second-order valence-corrected chi connectivity index (χ2v) is 2.59. The first kappa shape index (κ1) is 8.73. The first-order chi connectivity index (χ1) is 5.59. The van der Waals surface area contributed by atoms with Gasteiger partial charge in [-0.15, -0.1) is 0 Å². The molecule has 0 aliphatic carbocycles. The van der Waals surface area contributed by atoms with E-state index >= 15 is 0 Å². The van der Waals surface area contributed by atoms with Crippen molar-refractivity contribution < 1.29 is 15.0 Å². The summed E-state index contributed by atoms with van der Waals surface area (Å²) in [4.78, 5) is 14.1. The van der Waals surface area contributed by atoms with Crippen LogP contribution in [0.5, 0.6) is 0 Å². The molecule has 0 saturated heterocycles. The van der Waals surface area contributed by atoms with Gasteiger partial charge in [0.1, 0.15) is 0 Å². The Morgan fingerprint density at radius 3 is 2.92 bits per heavy atom. The predicted octanol–water partition coefficient (Wildman–Crippen LogP) is -0.592. The molecule has 0 unspecified atom stereocenters. The number of carboxylic acids is 1. The third kappa shape index (κ3) is 2.06. The van der Waals surface area contributed by atoms with Gasteiger partial charge in [0.25, 0.3) is 0 Å². The number of carbonyl (C=O) groups is 1. The summed E-state index contributed by atoms with van der Waals surface area (Å²) in [5.41, 5.74) is 0.576. The maximum Gasteiger partial charge on any atom is 0.332 e. The quantitative estimate of drug-likeness (QED) is 0.635. The highest BCUT2D eigenvalue weighted by molar-refractivity contribution is 5.72. The molecule has 66 valence electrons. The Balaban J connectivity index is 2.58. The molecule has 0 amide bonds. The lowest BCUT2D eigenvalue weighted by Gasteiger charge is -2.00. The average Bonchev–Trinajstić information content (AvgIpc) is 2.35. The fourth-order valence-corrected chi connectivity index (χ4v) is 0.858. The Morgan fingerprint density at radius 1 is 1.83 bits per heavy atom. The number of aryl methyl sites for hydroxylation is 1. The molecule has 1 atom stereocenters. The Morgan fingerprint density at radius 2 is 2.50 bits per heavy atom. The fraction of sp³-hybridized carbons (Fsp3) is 0.429. The minimum atomic E-state index is -1.36. The molecule has 0 aromatic carbocycles. The van der Waals surface area contributed by atoms with Crippen LogP contribution in [0.25, 0.3) is 0 Å². The van der Waals surface area contributed by atoms with E-state index in [0.29, 0.717) is 5.69 Å². The number of aromatic nitrogens is 2. The molecule has 5 heteroatoms. The van der Waals surface area contributed by atoms with Crippen molar-refractivity contribution in [3.05, 3.63) is 18.2 Å². The summed E-state index contributed by atoms with van der Waals surface area (Å²) in [5.74, 6) is -1.22. The molecule has 0 saturated carbocycles. The highest BCUT2D eigenvalue weighted by atomic mass is 16.4. The molecule has 0 radical (unpaired) electrons. The molecule has 2 N–H and O–H groups in total. The molecule has 1 heterocycles. The lowest BCUT2D eigenvalue weighted by atomic mass is 10.2. The lowest BCUT2D eigenvalue weighted by molar-refractivity contribution is -0.146. The Kier molecular flexibility index (Phi) is 2.44. The molecule has 0 aliphatic heterocycles. The second-order valence-electron chi connectivity index (χ2n) is 2.59. The lowest BCUT2D eigenvalue weighted by Crippen LogP contribution is -2.22. The monoisotopic (exact) mass is 170 g/mol. The molecule has 12 heavy (non-hydrogen) atoms. The van der Waals surface area contributed by atoms with E-state index in [0.717, 1.165) is 0 Å². The van der Waals surface area contributed by atoms with Gasteiger partial charge in [-0.3, -0.25) is 0 Å². The van der Waals surface area contributed by atoms with Crippen molar-refractivity contribution in [2.45, 2.75) is 12.5 Å². The van der Waals surface area contributed by atoms with E-state index in [1.807, 2.05) is 0 Å². The molecule has 0 aliphatic rings. The van der Waals surface area contributed by atoms with Gasteiger partial charge in [0.05, 0.1) is 12.0 Å². The van der Waals surface area contributed by atoms with E-state index < -0.39 is 12.1 Å². The van der Waals surface area contributed by atoms with Crippen molar-refractivity contribution in [1.82, 2.24) is 9.55 Å². The summed E-state index contributed by atoms with van der Waals surface area (Å²) < 4.78 is 1.70. The number of imidazole rings is 1. The number of carboxylic acid groups (broad SMARTS) is 1. The van der Waals surface area contributed by atoms with Crippen molar-refractivity contribution >= 4 is 5.97 Å². The van der Waals surface area contributed by atoms with Crippen LogP contribution < -0.4 is 0 Å². The topological polar surface area (TPSA) is 75.3 Å². The first-order valence-corrected chi connectivity index (χ1v) is 3.47. The zero-order chi connectivity index (χ0) is 9.14. The van der Waals surface area contributed by atoms with Gasteiger partial charge in [0.15, 0.2) is 6.10 Å². The minimum absolute atomic E-state index is 0.0518. The molecule has 0 bridgehead atoms. The standard InChI is InChI=1S/C7H10N2O3/c1-9-3-5(8-4-9)2-6(10)7(11)12/h3-4,6,10H,2H2,1H3,(H,11,12)/t6-/m1/s1. The van der Waals surface area contributed by atoms with Gasteiger partial charge in [-0.05, 0) is 0 Å². The van der Waals surface area contributed by atoms with Gasteiger partial charge in [-0.25, -0.2) is 9.78 Å². The van der Waals surface area contributed by atoms with Crippen LogP contribution in [0.15, 0.2) is 12.5 Å². The number of aliphatic hydroxyl groups excluding tert-OH is 1. The van der Waals surface area contributed by atoms with Gasteiger partial charge in [-0.2, -0.15) is 0 Å². The zero-order valence-corrected chi connectivity index (χ0v) is 6.64. The van der Waals surface area contributed by atoms with Gasteiger partial charge >= 0.3 is 5.97 Å². The average molecular weight is 170 g/mol. The highest BCUT2D eigenvalue weighted by Crippen LogP contribution is 1.99. The summed E-state index contributed by atoms with van der Waals surface area (Å²) in [5, 5.41) is 17.3. The van der Waals surface area contributed by atoms with Crippen LogP contribution in [-0.4, -0.2) is 31.8 Å². The summed E-state index contributed by atoms with van der Waals surface area (Å²) in [6.07, 6.45) is 1.92. The van der Waals surface area contributed by atoms with Crippen LogP contribution in [0.4, 0.5) is 0 Å². The van der Waals surface area contributed by atoms with Crippen molar-refractivity contribution in [1.29, 1.82) is 0 Å². The summed E-state index contributed by atoms with van der Waals surface area (Å²) >= 11 is 0. The van der Waals surface area contributed by atoms with E-state index in [1.54, 1.807) is 24.1 Å².